The lowest BCUT2D eigenvalue weighted by Gasteiger charge is -2.41. The third kappa shape index (κ3) is 4.36. The van der Waals surface area contributed by atoms with E-state index in [1.807, 2.05) is 23.1 Å². The summed E-state index contributed by atoms with van der Waals surface area (Å²) in [7, 11) is 3.79. The van der Waals surface area contributed by atoms with Gasteiger partial charge in [0.15, 0.2) is 0 Å². The van der Waals surface area contributed by atoms with Gasteiger partial charge in [-0.2, -0.15) is 0 Å². The molecule has 0 aromatic heterocycles. The summed E-state index contributed by atoms with van der Waals surface area (Å²) >= 11 is 0. The smallest absolute Gasteiger partial charge is 0.318 e. The fourth-order valence-electron chi connectivity index (χ4n) is 4.08. The second-order valence-corrected chi connectivity index (χ2v) is 7.49. The standard InChI is InChI=1S/C20H30N4O2/c1-21-19(25)16-8-10-17(11-9-16)22-20(26)24-13-12-23(2)14-18(24)15-6-4-3-5-7-15/h3-7,16-18H,8-14H2,1-2H3,(H,21,25)(H,22,26). The van der Waals surface area contributed by atoms with Gasteiger partial charge in [-0.25, -0.2) is 4.79 Å². The highest BCUT2D eigenvalue weighted by molar-refractivity contribution is 5.78. The Hall–Kier alpha value is -2.08. The predicted molar refractivity (Wildman–Crippen MR) is 102 cm³/mol. The average Bonchev–Trinajstić information content (AvgIpc) is 2.68. The predicted octanol–water partition coefficient (Wildman–Crippen LogP) is 1.99. The number of hydrogen-bond donors (Lipinski definition) is 2. The number of piperazine rings is 1. The number of likely N-dealkylation sites (N-methyl/N-ethyl adjacent to an activating group) is 1. The first-order valence-electron chi connectivity index (χ1n) is 9.60. The third-order valence-electron chi connectivity index (χ3n) is 5.70. The van der Waals surface area contributed by atoms with Gasteiger partial charge < -0.3 is 20.4 Å². The second-order valence-electron chi connectivity index (χ2n) is 7.49. The van der Waals surface area contributed by atoms with Crippen LogP contribution in [0.5, 0.6) is 0 Å². The van der Waals surface area contributed by atoms with Crippen LogP contribution in [0.4, 0.5) is 4.79 Å². The van der Waals surface area contributed by atoms with Crippen molar-refractivity contribution in [2.75, 3.05) is 33.7 Å². The molecule has 3 amide bonds. The number of rotatable bonds is 3. The van der Waals surface area contributed by atoms with E-state index in [0.29, 0.717) is 0 Å². The molecule has 0 radical (unpaired) electrons. The van der Waals surface area contributed by atoms with Crippen LogP contribution in [0.3, 0.4) is 0 Å². The summed E-state index contributed by atoms with van der Waals surface area (Å²) in [5.74, 6) is 0.215. The number of benzene rings is 1. The molecule has 3 rings (SSSR count). The van der Waals surface area contributed by atoms with E-state index in [4.69, 9.17) is 0 Å². The molecule has 6 heteroatoms. The zero-order chi connectivity index (χ0) is 18.5. The molecule has 1 heterocycles. The molecule has 1 atom stereocenters. The lowest BCUT2D eigenvalue weighted by Crippen LogP contribution is -2.54. The normalized spacial score (nSPS) is 27.0. The van der Waals surface area contributed by atoms with Gasteiger partial charge in [-0.1, -0.05) is 30.3 Å². The number of amides is 3. The van der Waals surface area contributed by atoms with Crippen molar-refractivity contribution in [3.05, 3.63) is 35.9 Å². The van der Waals surface area contributed by atoms with Crippen LogP contribution in [0, 0.1) is 5.92 Å². The number of nitrogens with zero attached hydrogens (tertiary/aromatic N) is 2. The molecular formula is C20H30N4O2. The quantitative estimate of drug-likeness (QED) is 0.868. The Morgan fingerprint density at radius 1 is 1.04 bits per heavy atom. The van der Waals surface area contributed by atoms with Gasteiger partial charge in [0.05, 0.1) is 6.04 Å². The Labute approximate surface area is 155 Å². The summed E-state index contributed by atoms with van der Waals surface area (Å²) < 4.78 is 0. The van der Waals surface area contributed by atoms with Gasteiger partial charge in [-0.05, 0) is 38.3 Å². The highest BCUT2D eigenvalue weighted by Gasteiger charge is 2.32. The minimum atomic E-state index is 0.0235. The average molecular weight is 358 g/mol. The van der Waals surface area contributed by atoms with Gasteiger partial charge in [-0.3, -0.25) is 4.79 Å². The molecule has 0 bridgehead atoms. The van der Waals surface area contributed by atoms with Gasteiger partial charge in [0.25, 0.3) is 0 Å². The molecule has 1 unspecified atom stereocenters. The zero-order valence-electron chi connectivity index (χ0n) is 15.8. The molecular weight excluding hydrogens is 328 g/mol. The molecule has 142 valence electrons. The highest BCUT2D eigenvalue weighted by atomic mass is 16.2. The Bertz CT molecular complexity index is 613. The number of nitrogens with one attached hydrogen (secondary N) is 2. The molecule has 26 heavy (non-hydrogen) atoms. The Kier molecular flexibility index (Phi) is 6.14. The van der Waals surface area contributed by atoms with Gasteiger partial charge >= 0.3 is 6.03 Å². The number of carbonyl (C=O) groups excluding carboxylic acids is 2. The maximum absolute atomic E-state index is 12.9. The van der Waals surface area contributed by atoms with Gasteiger partial charge in [0, 0.05) is 38.6 Å². The largest absolute Gasteiger partial charge is 0.359 e. The van der Waals surface area contributed by atoms with E-state index >= 15 is 0 Å². The molecule has 1 aromatic rings. The van der Waals surface area contributed by atoms with Gasteiger partial charge in [0.1, 0.15) is 0 Å². The van der Waals surface area contributed by atoms with Crippen LogP contribution in [0.1, 0.15) is 37.3 Å². The van der Waals surface area contributed by atoms with E-state index in [1.54, 1.807) is 7.05 Å². The van der Waals surface area contributed by atoms with Crippen molar-refractivity contribution < 1.29 is 9.59 Å². The lowest BCUT2D eigenvalue weighted by molar-refractivity contribution is -0.125. The zero-order valence-corrected chi connectivity index (χ0v) is 15.8. The number of hydrogen-bond acceptors (Lipinski definition) is 3. The maximum atomic E-state index is 12.9. The van der Waals surface area contributed by atoms with E-state index < -0.39 is 0 Å². The van der Waals surface area contributed by atoms with Gasteiger partial charge in [0.2, 0.25) is 5.91 Å². The summed E-state index contributed by atoms with van der Waals surface area (Å²) in [6.45, 7) is 2.47. The second kappa shape index (κ2) is 8.54. The first-order chi connectivity index (χ1) is 12.6. The van der Waals surface area contributed by atoms with Crippen molar-refractivity contribution in [1.82, 2.24) is 20.4 Å². The molecule has 0 spiro atoms. The molecule has 2 aliphatic rings. The van der Waals surface area contributed by atoms with Crippen molar-refractivity contribution in [2.24, 2.45) is 5.92 Å². The van der Waals surface area contributed by atoms with E-state index in [9.17, 15) is 9.59 Å². The Morgan fingerprint density at radius 2 is 1.73 bits per heavy atom. The minimum Gasteiger partial charge on any atom is -0.359 e. The Morgan fingerprint density at radius 3 is 2.38 bits per heavy atom. The summed E-state index contributed by atoms with van der Waals surface area (Å²) in [5.41, 5.74) is 1.18. The monoisotopic (exact) mass is 358 g/mol. The molecule has 2 N–H and O–H groups in total. The maximum Gasteiger partial charge on any atom is 0.318 e. The molecule has 6 nitrogen and oxygen atoms in total. The van der Waals surface area contributed by atoms with Crippen molar-refractivity contribution in [1.29, 1.82) is 0 Å². The van der Waals surface area contributed by atoms with Crippen molar-refractivity contribution >= 4 is 11.9 Å². The summed E-state index contributed by atoms with van der Waals surface area (Å²) in [5, 5.41) is 5.95. The van der Waals surface area contributed by atoms with Crippen molar-refractivity contribution in [3.8, 4) is 0 Å². The summed E-state index contributed by atoms with van der Waals surface area (Å²) in [6.07, 6.45) is 3.42. The fourth-order valence-corrected chi connectivity index (χ4v) is 4.08. The summed E-state index contributed by atoms with van der Waals surface area (Å²) in [4.78, 5) is 29.0. The first-order valence-corrected chi connectivity index (χ1v) is 9.60. The molecule has 1 aliphatic carbocycles. The van der Waals surface area contributed by atoms with Crippen LogP contribution < -0.4 is 10.6 Å². The van der Waals surface area contributed by atoms with E-state index in [2.05, 4.69) is 34.7 Å². The van der Waals surface area contributed by atoms with Crippen molar-refractivity contribution in [3.63, 3.8) is 0 Å². The molecule has 1 saturated carbocycles. The van der Waals surface area contributed by atoms with E-state index in [1.165, 1.54) is 5.56 Å². The van der Waals surface area contributed by atoms with Crippen molar-refractivity contribution in [2.45, 2.75) is 37.8 Å². The van der Waals surface area contributed by atoms with Crippen LogP contribution in [-0.2, 0) is 4.79 Å². The molecule has 1 aromatic carbocycles. The van der Waals surface area contributed by atoms with Crippen LogP contribution in [-0.4, -0.2) is 61.5 Å². The van der Waals surface area contributed by atoms with Crippen LogP contribution in [0.2, 0.25) is 0 Å². The fraction of sp³-hybridized carbons (Fsp3) is 0.600. The topological polar surface area (TPSA) is 64.7 Å². The van der Waals surface area contributed by atoms with Crippen LogP contribution in [0.15, 0.2) is 30.3 Å². The summed E-state index contributed by atoms with van der Waals surface area (Å²) in [6, 6.07) is 10.5. The Balaban J connectivity index is 1.60. The third-order valence-corrected chi connectivity index (χ3v) is 5.70. The SMILES string of the molecule is CNC(=O)C1CCC(NC(=O)N2CCN(C)CC2c2ccccc2)CC1. The minimum absolute atomic E-state index is 0.0235. The van der Waals surface area contributed by atoms with E-state index in [-0.39, 0.29) is 29.9 Å². The lowest BCUT2D eigenvalue weighted by atomic mass is 9.85. The molecule has 1 saturated heterocycles. The first kappa shape index (κ1) is 18.7. The van der Waals surface area contributed by atoms with E-state index in [0.717, 1.165) is 45.3 Å². The van der Waals surface area contributed by atoms with Crippen LogP contribution >= 0.6 is 0 Å². The molecule has 1 aliphatic heterocycles. The number of carbonyl (C=O) groups is 2. The van der Waals surface area contributed by atoms with Crippen LogP contribution in [0.25, 0.3) is 0 Å². The van der Waals surface area contributed by atoms with Gasteiger partial charge in [-0.15, -0.1) is 0 Å². The molecule has 2 fully saturated rings. The number of urea groups is 1. The highest BCUT2D eigenvalue weighted by Crippen LogP contribution is 2.27.